The maximum atomic E-state index is 12.5. The first-order chi connectivity index (χ1) is 13.2. The smallest absolute Gasteiger partial charge is 0.237 e. The summed E-state index contributed by atoms with van der Waals surface area (Å²) in [6, 6.07) is 9.61. The number of piperazine rings is 1. The second kappa shape index (κ2) is 9.32. The van der Waals surface area contributed by atoms with Crippen LogP contribution in [0.25, 0.3) is 0 Å². The lowest BCUT2D eigenvalue weighted by molar-refractivity contribution is -0.125. The van der Waals surface area contributed by atoms with Gasteiger partial charge < -0.3 is 15.0 Å². The second-order valence-electron chi connectivity index (χ2n) is 6.64. The molecule has 7 nitrogen and oxygen atoms in total. The average Bonchev–Trinajstić information content (AvgIpc) is 2.74. The van der Waals surface area contributed by atoms with Crippen molar-refractivity contribution in [2.45, 2.75) is 19.4 Å². The Morgan fingerprint density at radius 2 is 1.81 bits per heavy atom. The number of carbonyl (C=O) groups excluding carboxylic acids is 1. The van der Waals surface area contributed by atoms with Gasteiger partial charge >= 0.3 is 0 Å². The number of methoxy groups -OCH3 is 1. The molecule has 1 aromatic carbocycles. The van der Waals surface area contributed by atoms with Gasteiger partial charge in [0.15, 0.2) is 0 Å². The van der Waals surface area contributed by atoms with E-state index in [0.29, 0.717) is 6.54 Å². The summed E-state index contributed by atoms with van der Waals surface area (Å²) in [6.45, 7) is 5.91. The number of hydrogen-bond acceptors (Lipinski definition) is 6. The van der Waals surface area contributed by atoms with Gasteiger partial charge in [-0.15, -0.1) is 0 Å². The third kappa shape index (κ3) is 5.17. The highest BCUT2D eigenvalue weighted by Crippen LogP contribution is 2.13. The molecule has 2 heterocycles. The van der Waals surface area contributed by atoms with E-state index in [1.54, 1.807) is 19.5 Å². The van der Waals surface area contributed by atoms with Crippen molar-refractivity contribution in [2.75, 3.05) is 44.7 Å². The van der Waals surface area contributed by atoms with Crippen molar-refractivity contribution in [3.8, 4) is 5.75 Å². The lowest BCUT2D eigenvalue weighted by Gasteiger charge is -2.37. The zero-order valence-electron chi connectivity index (χ0n) is 16.0. The van der Waals surface area contributed by atoms with Gasteiger partial charge in [0.1, 0.15) is 5.75 Å². The minimum atomic E-state index is -0.139. The van der Waals surface area contributed by atoms with Crippen LogP contribution in [-0.2, 0) is 11.2 Å². The van der Waals surface area contributed by atoms with Crippen LogP contribution >= 0.6 is 0 Å². The van der Waals surface area contributed by atoms with Gasteiger partial charge in [-0.3, -0.25) is 9.69 Å². The molecule has 3 rings (SSSR count). The summed E-state index contributed by atoms with van der Waals surface area (Å²) in [5, 5.41) is 3.05. The molecule has 1 fully saturated rings. The highest BCUT2D eigenvalue weighted by atomic mass is 16.5. The number of nitrogens with zero attached hydrogens (tertiary/aromatic N) is 4. The van der Waals surface area contributed by atoms with E-state index >= 15 is 0 Å². The van der Waals surface area contributed by atoms with Crippen molar-refractivity contribution in [1.29, 1.82) is 0 Å². The number of ether oxygens (including phenoxy) is 1. The fraction of sp³-hybridized carbons (Fsp3) is 0.450. The van der Waals surface area contributed by atoms with Crippen LogP contribution in [0.1, 0.15) is 12.5 Å². The lowest BCUT2D eigenvalue weighted by atomic mass is 10.1. The summed E-state index contributed by atoms with van der Waals surface area (Å²) in [5.74, 6) is 1.68. The third-order valence-corrected chi connectivity index (χ3v) is 4.95. The normalized spacial score (nSPS) is 16.0. The van der Waals surface area contributed by atoms with Gasteiger partial charge in [0.25, 0.3) is 0 Å². The van der Waals surface area contributed by atoms with E-state index in [0.717, 1.165) is 44.3 Å². The number of rotatable bonds is 7. The summed E-state index contributed by atoms with van der Waals surface area (Å²) in [6.07, 6.45) is 4.32. The SMILES string of the molecule is COc1ccc(CCNC(=O)C(C)N2CCN(c3ncccn3)CC2)cc1. The Morgan fingerprint density at radius 3 is 2.44 bits per heavy atom. The molecular formula is C20H27N5O2. The van der Waals surface area contributed by atoms with Crippen LogP contribution < -0.4 is 15.0 Å². The number of aromatic nitrogens is 2. The minimum Gasteiger partial charge on any atom is -0.497 e. The summed E-state index contributed by atoms with van der Waals surface area (Å²) in [7, 11) is 1.66. The van der Waals surface area contributed by atoms with Gasteiger partial charge in [0, 0.05) is 45.1 Å². The summed E-state index contributed by atoms with van der Waals surface area (Å²) >= 11 is 0. The van der Waals surface area contributed by atoms with Crippen LogP contribution in [0, 0.1) is 0 Å². The Labute approximate surface area is 160 Å². The van der Waals surface area contributed by atoms with E-state index < -0.39 is 0 Å². The monoisotopic (exact) mass is 369 g/mol. The molecule has 144 valence electrons. The molecule has 7 heteroatoms. The maximum absolute atomic E-state index is 12.5. The average molecular weight is 369 g/mol. The largest absolute Gasteiger partial charge is 0.497 e. The number of nitrogens with one attached hydrogen (secondary N) is 1. The Bertz CT molecular complexity index is 715. The molecule has 1 aromatic heterocycles. The Morgan fingerprint density at radius 1 is 1.15 bits per heavy atom. The van der Waals surface area contributed by atoms with Crippen molar-refractivity contribution >= 4 is 11.9 Å². The second-order valence-corrected chi connectivity index (χ2v) is 6.64. The van der Waals surface area contributed by atoms with Crippen molar-refractivity contribution < 1.29 is 9.53 Å². The van der Waals surface area contributed by atoms with Crippen molar-refractivity contribution in [3.63, 3.8) is 0 Å². The van der Waals surface area contributed by atoms with Gasteiger partial charge in [-0.05, 0) is 37.1 Å². The summed E-state index contributed by atoms with van der Waals surface area (Å²) in [4.78, 5) is 25.4. The zero-order chi connectivity index (χ0) is 19.1. The fourth-order valence-corrected chi connectivity index (χ4v) is 3.20. The van der Waals surface area contributed by atoms with Crippen LogP contribution in [-0.4, -0.2) is 66.7 Å². The molecule has 1 saturated heterocycles. The minimum absolute atomic E-state index is 0.0768. The quantitative estimate of drug-likeness (QED) is 0.795. The molecule has 1 amide bonds. The maximum Gasteiger partial charge on any atom is 0.237 e. The number of amides is 1. The van der Waals surface area contributed by atoms with Crippen molar-refractivity contribution in [2.24, 2.45) is 0 Å². The molecule has 0 radical (unpaired) electrons. The molecule has 2 aromatic rings. The number of benzene rings is 1. The van der Waals surface area contributed by atoms with Crippen LogP contribution in [0.4, 0.5) is 5.95 Å². The predicted molar refractivity (Wildman–Crippen MR) is 105 cm³/mol. The molecule has 0 bridgehead atoms. The van der Waals surface area contributed by atoms with E-state index in [1.165, 1.54) is 5.56 Å². The van der Waals surface area contributed by atoms with Crippen LogP contribution in [0.15, 0.2) is 42.7 Å². The number of carbonyl (C=O) groups is 1. The molecule has 1 aliphatic heterocycles. The molecule has 0 saturated carbocycles. The van der Waals surface area contributed by atoms with E-state index in [2.05, 4.69) is 25.1 Å². The van der Waals surface area contributed by atoms with Gasteiger partial charge in [-0.1, -0.05) is 12.1 Å². The first-order valence-corrected chi connectivity index (χ1v) is 9.34. The van der Waals surface area contributed by atoms with Crippen LogP contribution in [0.2, 0.25) is 0 Å². The molecule has 1 aliphatic rings. The Hall–Kier alpha value is -2.67. The van der Waals surface area contributed by atoms with E-state index in [-0.39, 0.29) is 11.9 Å². The zero-order valence-corrected chi connectivity index (χ0v) is 16.0. The van der Waals surface area contributed by atoms with Gasteiger partial charge in [-0.25, -0.2) is 9.97 Å². The topological polar surface area (TPSA) is 70.6 Å². The van der Waals surface area contributed by atoms with E-state index in [4.69, 9.17) is 4.74 Å². The van der Waals surface area contributed by atoms with Crippen LogP contribution in [0.3, 0.4) is 0 Å². The first kappa shape index (κ1) is 19.1. The molecular weight excluding hydrogens is 342 g/mol. The third-order valence-electron chi connectivity index (χ3n) is 4.95. The van der Waals surface area contributed by atoms with Crippen molar-refractivity contribution in [1.82, 2.24) is 20.2 Å². The van der Waals surface area contributed by atoms with Crippen molar-refractivity contribution in [3.05, 3.63) is 48.3 Å². The van der Waals surface area contributed by atoms with Crippen LogP contribution in [0.5, 0.6) is 5.75 Å². The van der Waals surface area contributed by atoms with Gasteiger partial charge in [-0.2, -0.15) is 0 Å². The summed E-state index contributed by atoms with van der Waals surface area (Å²) < 4.78 is 5.16. The molecule has 0 aliphatic carbocycles. The molecule has 27 heavy (non-hydrogen) atoms. The molecule has 1 unspecified atom stereocenters. The highest BCUT2D eigenvalue weighted by molar-refractivity contribution is 5.81. The van der Waals surface area contributed by atoms with Gasteiger partial charge in [0.2, 0.25) is 11.9 Å². The van der Waals surface area contributed by atoms with E-state index in [1.807, 2.05) is 37.3 Å². The summed E-state index contributed by atoms with van der Waals surface area (Å²) in [5.41, 5.74) is 1.18. The standard InChI is InChI=1S/C20H27N5O2/c1-16(19(26)21-11-8-17-4-6-18(27-2)7-5-17)24-12-14-25(15-13-24)20-22-9-3-10-23-20/h3-7,9-10,16H,8,11-15H2,1-2H3,(H,21,26). The number of hydrogen-bond donors (Lipinski definition) is 1. The highest BCUT2D eigenvalue weighted by Gasteiger charge is 2.26. The molecule has 0 spiro atoms. The Kier molecular flexibility index (Phi) is 6.59. The van der Waals surface area contributed by atoms with Gasteiger partial charge in [0.05, 0.1) is 13.2 Å². The Balaban J connectivity index is 1.41. The lowest BCUT2D eigenvalue weighted by Crippen LogP contribution is -2.54. The molecule has 1 atom stereocenters. The predicted octanol–water partition coefficient (Wildman–Crippen LogP) is 1.35. The molecule has 1 N–H and O–H groups in total. The number of anilines is 1. The first-order valence-electron chi connectivity index (χ1n) is 9.34. The fourth-order valence-electron chi connectivity index (χ4n) is 3.20. The van der Waals surface area contributed by atoms with E-state index in [9.17, 15) is 4.79 Å².